The molecule has 1 N–H and O–H groups in total. The standard InChI is InChI=1S/C25H27N3O5S2/c1-27(22-9-3-2-4-10-22)34(30,31)23-14-12-21(13-15-23)26-19-25(29)20-8-7-11-24(18-20)35(32,33)28-16-5-6-17-28/h2-4,7-15,18,26H,5-6,16-17,19H2,1H3. The zero-order chi connectivity index (χ0) is 25.1. The first-order chi connectivity index (χ1) is 16.7. The molecule has 35 heavy (non-hydrogen) atoms. The molecular weight excluding hydrogens is 486 g/mol. The van der Waals surface area contributed by atoms with Gasteiger partial charge in [0.25, 0.3) is 10.0 Å². The average Bonchev–Trinajstić information content (AvgIpc) is 3.44. The summed E-state index contributed by atoms with van der Waals surface area (Å²) in [5, 5.41) is 2.98. The zero-order valence-corrected chi connectivity index (χ0v) is 20.9. The summed E-state index contributed by atoms with van der Waals surface area (Å²) < 4.78 is 54.0. The third-order valence-corrected chi connectivity index (χ3v) is 9.64. The van der Waals surface area contributed by atoms with Gasteiger partial charge in [0, 0.05) is 31.4 Å². The Hall–Kier alpha value is -3.21. The Balaban J connectivity index is 1.42. The van der Waals surface area contributed by atoms with Gasteiger partial charge in [-0.05, 0) is 61.4 Å². The largest absolute Gasteiger partial charge is 0.378 e. The Morgan fingerprint density at radius 3 is 2.17 bits per heavy atom. The van der Waals surface area contributed by atoms with E-state index in [0.717, 1.165) is 12.8 Å². The van der Waals surface area contributed by atoms with E-state index in [1.807, 2.05) is 6.07 Å². The molecule has 0 bridgehead atoms. The van der Waals surface area contributed by atoms with E-state index in [1.54, 1.807) is 48.5 Å². The molecule has 0 saturated carbocycles. The Kier molecular flexibility index (Phi) is 7.25. The van der Waals surface area contributed by atoms with Crippen molar-refractivity contribution in [2.75, 3.05) is 36.3 Å². The van der Waals surface area contributed by atoms with Crippen LogP contribution in [0.5, 0.6) is 0 Å². The van der Waals surface area contributed by atoms with Gasteiger partial charge in [0.2, 0.25) is 10.0 Å². The summed E-state index contributed by atoms with van der Waals surface area (Å²) in [5.41, 5.74) is 1.41. The van der Waals surface area contributed by atoms with Crippen molar-refractivity contribution in [3.05, 3.63) is 84.4 Å². The number of hydrogen-bond acceptors (Lipinski definition) is 6. The zero-order valence-electron chi connectivity index (χ0n) is 19.3. The van der Waals surface area contributed by atoms with E-state index >= 15 is 0 Å². The normalized spacial score (nSPS) is 14.5. The Morgan fingerprint density at radius 1 is 0.857 bits per heavy atom. The highest BCUT2D eigenvalue weighted by atomic mass is 32.2. The number of rotatable bonds is 9. The van der Waals surface area contributed by atoms with E-state index in [-0.39, 0.29) is 22.1 Å². The first-order valence-corrected chi connectivity index (χ1v) is 14.1. The van der Waals surface area contributed by atoms with Gasteiger partial charge in [0.05, 0.1) is 22.0 Å². The van der Waals surface area contributed by atoms with Crippen LogP contribution < -0.4 is 9.62 Å². The van der Waals surface area contributed by atoms with Crippen LogP contribution in [-0.2, 0) is 20.0 Å². The van der Waals surface area contributed by atoms with E-state index < -0.39 is 20.0 Å². The summed E-state index contributed by atoms with van der Waals surface area (Å²) in [5.74, 6) is -0.274. The van der Waals surface area contributed by atoms with Crippen LogP contribution in [-0.4, -0.2) is 53.6 Å². The van der Waals surface area contributed by atoms with Crippen molar-refractivity contribution >= 4 is 37.2 Å². The number of anilines is 2. The van der Waals surface area contributed by atoms with Crippen LogP contribution in [0, 0.1) is 0 Å². The molecule has 3 aromatic rings. The molecule has 1 aliphatic heterocycles. The van der Waals surface area contributed by atoms with Crippen LogP contribution in [0.2, 0.25) is 0 Å². The van der Waals surface area contributed by atoms with Gasteiger partial charge >= 0.3 is 0 Å². The number of sulfonamides is 2. The molecule has 184 valence electrons. The first kappa shape index (κ1) is 24.9. The number of Topliss-reactive ketones (excluding diaryl/α,β-unsaturated/α-hetero) is 1. The van der Waals surface area contributed by atoms with Crippen LogP contribution in [0.15, 0.2) is 88.7 Å². The second-order valence-corrected chi connectivity index (χ2v) is 12.2. The highest BCUT2D eigenvalue weighted by molar-refractivity contribution is 7.92. The maximum absolute atomic E-state index is 12.9. The van der Waals surface area contributed by atoms with Crippen LogP contribution in [0.1, 0.15) is 23.2 Å². The lowest BCUT2D eigenvalue weighted by atomic mass is 10.1. The fraction of sp³-hybridized carbons (Fsp3) is 0.240. The molecule has 8 nitrogen and oxygen atoms in total. The minimum atomic E-state index is -3.73. The van der Waals surface area contributed by atoms with Crippen molar-refractivity contribution < 1.29 is 21.6 Å². The third kappa shape index (κ3) is 5.39. The van der Waals surface area contributed by atoms with Gasteiger partial charge < -0.3 is 5.32 Å². The number of para-hydroxylation sites is 1. The third-order valence-electron chi connectivity index (χ3n) is 5.94. The molecular formula is C25H27N3O5S2. The smallest absolute Gasteiger partial charge is 0.264 e. The minimum absolute atomic E-state index is 0.0662. The van der Waals surface area contributed by atoms with Gasteiger partial charge in [-0.15, -0.1) is 0 Å². The average molecular weight is 514 g/mol. The van der Waals surface area contributed by atoms with Crippen LogP contribution in [0.4, 0.5) is 11.4 Å². The molecule has 0 aromatic heterocycles. The van der Waals surface area contributed by atoms with Gasteiger partial charge in [-0.1, -0.05) is 30.3 Å². The van der Waals surface area contributed by atoms with Gasteiger partial charge in [-0.25, -0.2) is 16.8 Å². The molecule has 1 heterocycles. The number of hydrogen-bond donors (Lipinski definition) is 1. The molecule has 0 radical (unpaired) electrons. The number of nitrogens with zero attached hydrogens (tertiary/aromatic N) is 2. The number of nitrogens with one attached hydrogen (secondary N) is 1. The monoisotopic (exact) mass is 513 g/mol. The maximum atomic E-state index is 12.9. The summed E-state index contributed by atoms with van der Waals surface area (Å²) in [6, 6.07) is 21.0. The molecule has 0 atom stereocenters. The van der Waals surface area contributed by atoms with Crippen molar-refractivity contribution in [2.24, 2.45) is 0 Å². The quantitative estimate of drug-likeness (QED) is 0.439. The Labute approximate surface area is 206 Å². The lowest BCUT2D eigenvalue weighted by Crippen LogP contribution is -2.28. The Morgan fingerprint density at radius 2 is 1.51 bits per heavy atom. The van der Waals surface area contributed by atoms with E-state index in [2.05, 4.69) is 5.32 Å². The van der Waals surface area contributed by atoms with Gasteiger partial charge in [-0.2, -0.15) is 4.31 Å². The van der Waals surface area contributed by atoms with Crippen LogP contribution in [0.25, 0.3) is 0 Å². The van der Waals surface area contributed by atoms with E-state index in [9.17, 15) is 21.6 Å². The van der Waals surface area contributed by atoms with Crippen LogP contribution >= 0.6 is 0 Å². The number of carbonyl (C=O) groups excluding carboxylic acids is 1. The van der Waals surface area contributed by atoms with Crippen molar-refractivity contribution in [2.45, 2.75) is 22.6 Å². The summed E-state index contributed by atoms with van der Waals surface area (Å²) in [6.07, 6.45) is 1.68. The molecule has 10 heteroatoms. The van der Waals surface area contributed by atoms with Crippen molar-refractivity contribution in [3.8, 4) is 0 Å². The topological polar surface area (TPSA) is 104 Å². The highest BCUT2D eigenvalue weighted by Crippen LogP contribution is 2.24. The molecule has 0 amide bonds. The molecule has 1 saturated heterocycles. The van der Waals surface area contributed by atoms with E-state index in [4.69, 9.17) is 0 Å². The Bertz CT molecular complexity index is 1400. The second kappa shape index (κ2) is 10.2. The molecule has 1 aliphatic rings. The molecule has 0 unspecified atom stereocenters. The molecule has 0 spiro atoms. The number of carbonyl (C=O) groups is 1. The predicted molar refractivity (Wildman–Crippen MR) is 136 cm³/mol. The SMILES string of the molecule is CN(c1ccccc1)S(=O)(=O)c1ccc(NCC(=O)c2cccc(S(=O)(=O)N3CCCC3)c2)cc1. The molecule has 1 fully saturated rings. The summed E-state index contributed by atoms with van der Waals surface area (Å²) >= 11 is 0. The molecule has 3 aromatic carbocycles. The van der Waals surface area contributed by atoms with Crippen LogP contribution in [0.3, 0.4) is 0 Å². The molecule has 0 aliphatic carbocycles. The fourth-order valence-electron chi connectivity index (χ4n) is 3.87. The van der Waals surface area contributed by atoms with Gasteiger partial charge in [-0.3, -0.25) is 9.10 Å². The first-order valence-electron chi connectivity index (χ1n) is 11.2. The van der Waals surface area contributed by atoms with Gasteiger partial charge in [0.15, 0.2) is 5.78 Å². The highest BCUT2D eigenvalue weighted by Gasteiger charge is 2.27. The summed E-state index contributed by atoms with van der Waals surface area (Å²) in [7, 11) is -5.85. The number of benzene rings is 3. The molecule has 4 rings (SSSR count). The maximum Gasteiger partial charge on any atom is 0.264 e. The van der Waals surface area contributed by atoms with E-state index in [1.165, 1.54) is 39.9 Å². The van der Waals surface area contributed by atoms with E-state index in [0.29, 0.717) is 30.0 Å². The lowest BCUT2D eigenvalue weighted by molar-refractivity contribution is 0.101. The summed E-state index contributed by atoms with van der Waals surface area (Å²) in [4.78, 5) is 13.0. The van der Waals surface area contributed by atoms with Gasteiger partial charge in [0.1, 0.15) is 0 Å². The van der Waals surface area contributed by atoms with Crippen molar-refractivity contribution in [3.63, 3.8) is 0 Å². The lowest BCUT2D eigenvalue weighted by Gasteiger charge is -2.19. The predicted octanol–water partition coefficient (Wildman–Crippen LogP) is 3.59. The fourth-order valence-corrected chi connectivity index (χ4v) is 6.63. The van der Waals surface area contributed by atoms with Crippen molar-refractivity contribution in [1.82, 2.24) is 4.31 Å². The van der Waals surface area contributed by atoms with Crippen molar-refractivity contribution in [1.29, 1.82) is 0 Å². The summed E-state index contributed by atoms with van der Waals surface area (Å²) in [6.45, 7) is 0.924. The second-order valence-electron chi connectivity index (χ2n) is 8.25. The number of ketones is 1. The minimum Gasteiger partial charge on any atom is -0.378 e.